The van der Waals surface area contributed by atoms with E-state index in [9.17, 15) is 4.79 Å². The van der Waals surface area contributed by atoms with Crippen LogP contribution in [0, 0.1) is 11.3 Å². The second kappa shape index (κ2) is 8.14. The van der Waals surface area contributed by atoms with Crippen LogP contribution in [0.15, 0.2) is 52.7 Å². The van der Waals surface area contributed by atoms with Crippen molar-refractivity contribution in [3.05, 3.63) is 53.9 Å². The van der Waals surface area contributed by atoms with Gasteiger partial charge in [-0.05, 0) is 31.2 Å². The zero-order valence-electron chi connectivity index (χ0n) is 12.9. The van der Waals surface area contributed by atoms with E-state index in [1.54, 1.807) is 43.6 Å². The van der Waals surface area contributed by atoms with E-state index in [4.69, 9.17) is 11.0 Å². The first kappa shape index (κ1) is 16.8. The number of carbonyl (C=O) groups is 1. The second-order valence-electron chi connectivity index (χ2n) is 4.68. The van der Waals surface area contributed by atoms with Crippen molar-refractivity contribution in [2.45, 2.75) is 13.0 Å². The van der Waals surface area contributed by atoms with Gasteiger partial charge >= 0.3 is 0 Å². The molecule has 0 fully saturated rings. The summed E-state index contributed by atoms with van der Waals surface area (Å²) in [5, 5.41) is 11.6. The Morgan fingerprint density at radius 3 is 2.79 bits per heavy atom. The van der Waals surface area contributed by atoms with Crippen LogP contribution in [0.5, 0.6) is 0 Å². The van der Waals surface area contributed by atoms with Crippen LogP contribution < -0.4 is 11.1 Å². The fraction of sp³-hybridized carbons (Fsp3) is 0.125. The normalized spacial score (nSPS) is 12.6. The summed E-state index contributed by atoms with van der Waals surface area (Å²) in [4.78, 5) is 28.4. The Kier molecular flexibility index (Phi) is 5.69. The number of hydrogen-bond donors (Lipinski definition) is 2. The van der Waals surface area contributed by atoms with E-state index in [0.29, 0.717) is 11.1 Å². The molecule has 0 aliphatic heterocycles. The van der Waals surface area contributed by atoms with Crippen LogP contribution >= 0.6 is 0 Å². The number of hydrogen-bond acceptors (Lipinski definition) is 5. The molecule has 0 aliphatic carbocycles. The lowest BCUT2D eigenvalue weighted by molar-refractivity contribution is 0.0949. The molecule has 1 amide bonds. The molecule has 0 saturated carbocycles. The number of aromatic nitrogens is 2. The van der Waals surface area contributed by atoms with Gasteiger partial charge in [0.25, 0.3) is 11.9 Å². The molecule has 0 saturated heterocycles. The maximum Gasteiger partial charge on any atom is 0.251 e. The van der Waals surface area contributed by atoms with Crippen LogP contribution in [0.3, 0.4) is 0 Å². The zero-order chi connectivity index (χ0) is 17.4. The smallest absolute Gasteiger partial charge is 0.251 e. The SMILES string of the molecule is CC(NC(=O)c1cccc(C#N)c1)C(N=CN)=Nc1ncccn1. The molecule has 1 unspecified atom stereocenters. The molecule has 0 spiro atoms. The Morgan fingerprint density at radius 1 is 1.38 bits per heavy atom. The molecule has 2 rings (SSSR count). The minimum Gasteiger partial charge on any atom is -0.390 e. The lowest BCUT2D eigenvalue weighted by Gasteiger charge is -2.13. The predicted octanol–water partition coefficient (Wildman–Crippen LogP) is 1.18. The molecule has 0 aliphatic rings. The topological polar surface area (TPSA) is 129 Å². The molecule has 3 N–H and O–H groups in total. The van der Waals surface area contributed by atoms with Gasteiger partial charge in [0.05, 0.1) is 24.0 Å². The number of benzene rings is 1. The molecule has 2 aromatic rings. The number of nitrogens with zero attached hydrogens (tertiary/aromatic N) is 5. The van der Waals surface area contributed by atoms with Crippen LogP contribution in [0.1, 0.15) is 22.8 Å². The van der Waals surface area contributed by atoms with Gasteiger partial charge in [0.2, 0.25) is 0 Å². The van der Waals surface area contributed by atoms with Crippen molar-refractivity contribution >= 4 is 24.0 Å². The number of nitrogens with two attached hydrogens (primary N) is 1. The highest BCUT2D eigenvalue weighted by atomic mass is 16.1. The van der Waals surface area contributed by atoms with E-state index in [2.05, 4.69) is 25.3 Å². The molecule has 8 nitrogen and oxygen atoms in total. The lowest BCUT2D eigenvalue weighted by Crippen LogP contribution is -2.38. The largest absolute Gasteiger partial charge is 0.390 e. The van der Waals surface area contributed by atoms with Gasteiger partial charge in [-0.15, -0.1) is 0 Å². The standard InChI is InChI=1S/C16H15N7O/c1-11(14(21-10-18)23-16-19-6-3-7-20-16)22-15(24)13-5-2-4-12(8-13)9-17/h2-8,10-11H,1H3,(H,22,24)(H2,18,19,20,21,23). The Morgan fingerprint density at radius 2 is 2.12 bits per heavy atom. The first-order chi connectivity index (χ1) is 11.6. The van der Waals surface area contributed by atoms with Gasteiger partial charge in [0.1, 0.15) is 0 Å². The molecule has 1 atom stereocenters. The Balaban J connectivity index is 2.18. The van der Waals surface area contributed by atoms with Crippen molar-refractivity contribution in [3.63, 3.8) is 0 Å². The quantitative estimate of drug-likeness (QED) is 0.645. The molecule has 1 aromatic heterocycles. The number of carbonyl (C=O) groups excluding carboxylic acids is 1. The maximum absolute atomic E-state index is 12.3. The number of rotatable bonds is 4. The molecule has 24 heavy (non-hydrogen) atoms. The van der Waals surface area contributed by atoms with Gasteiger partial charge in [-0.3, -0.25) is 4.79 Å². The van der Waals surface area contributed by atoms with Gasteiger partial charge in [0.15, 0.2) is 5.84 Å². The highest BCUT2D eigenvalue weighted by molar-refractivity contribution is 6.00. The Labute approximate surface area is 138 Å². The number of aliphatic imine (C=N–C) groups is 2. The van der Waals surface area contributed by atoms with Crippen molar-refractivity contribution in [2.75, 3.05) is 0 Å². The number of nitrogens with one attached hydrogen (secondary N) is 1. The van der Waals surface area contributed by atoms with Gasteiger partial charge in [-0.2, -0.15) is 10.3 Å². The van der Waals surface area contributed by atoms with Crippen molar-refractivity contribution in [1.29, 1.82) is 5.26 Å². The van der Waals surface area contributed by atoms with E-state index < -0.39 is 6.04 Å². The molecule has 8 heteroatoms. The summed E-state index contributed by atoms with van der Waals surface area (Å²) in [6.07, 6.45) is 4.18. The number of amides is 1. The zero-order valence-corrected chi connectivity index (χ0v) is 12.9. The van der Waals surface area contributed by atoms with Crippen LogP contribution in [-0.4, -0.2) is 34.1 Å². The van der Waals surface area contributed by atoms with Crippen molar-refractivity contribution in [3.8, 4) is 6.07 Å². The third-order valence-corrected chi connectivity index (χ3v) is 2.96. The summed E-state index contributed by atoms with van der Waals surface area (Å²) in [5.41, 5.74) is 6.11. The number of nitriles is 1. The molecule has 1 heterocycles. The van der Waals surface area contributed by atoms with Gasteiger partial charge in [-0.25, -0.2) is 15.0 Å². The Hall–Kier alpha value is -3.60. The molecular formula is C16H15N7O. The molecule has 0 bridgehead atoms. The van der Waals surface area contributed by atoms with Crippen LogP contribution in [0.25, 0.3) is 0 Å². The van der Waals surface area contributed by atoms with Crippen LogP contribution in [-0.2, 0) is 0 Å². The van der Waals surface area contributed by atoms with Crippen molar-refractivity contribution in [1.82, 2.24) is 15.3 Å². The van der Waals surface area contributed by atoms with Gasteiger partial charge in [-0.1, -0.05) is 6.07 Å². The highest BCUT2D eigenvalue weighted by Crippen LogP contribution is 2.07. The summed E-state index contributed by atoms with van der Waals surface area (Å²) < 4.78 is 0. The second-order valence-corrected chi connectivity index (χ2v) is 4.68. The maximum atomic E-state index is 12.3. The molecular weight excluding hydrogens is 306 g/mol. The minimum atomic E-state index is -0.535. The first-order valence-corrected chi connectivity index (χ1v) is 7.05. The lowest BCUT2D eigenvalue weighted by atomic mass is 10.1. The van der Waals surface area contributed by atoms with Crippen molar-refractivity contribution in [2.24, 2.45) is 15.7 Å². The van der Waals surface area contributed by atoms with E-state index in [-0.39, 0.29) is 17.7 Å². The number of amidine groups is 1. The van der Waals surface area contributed by atoms with Crippen LogP contribution in [0.2, 0.25) is 0 Å². The highest BCUT2D eigenvalue weighted by Gasteiger charge is 2.15. The fourth-order valence-electron chi connectivity index (χ4n) is 1.84. The average molecular weight is 321 g/mol. The summed E-state index contributed by atoms with van der Waals surface area (Å²) >= 11 is 0. The van der Waals surface area contributed by atoms with Gasteiger partial charge < -0.3 is 11.1 Å². The minimum absolute atomic E-state index is 0.214. The predicted molar refractivity (Wildman–Crippen MR) is 89.9 cm³/mol. The Bertz CT molecular complexity index is 809. The fourth-order valence-corrected chi connectivity index (χ4v) is 1.84. The third-order valence-electron chi connectivity index (χ3n) is 2.96. The molecule has 1 aromatic carbocycles. The van der Waals surface area contributed by atoms with E-state index in [1.165, 1.54) is 6.07 Å². The van der Waals surface area contributed by atoms with Gasteiger partial charge in [0, 0.05) is 18.0 Å². The first-order valence-electron chi connectivity index (χ1n) is 7.05. The molecule has 120 valence electrons. The van der Waals surface area contributed by atoms with E-state index in [0.717, 1.165) is 6.34 Å². The summed E-state index contributed by atoms with van der Waals surface area (Å²) in [5.74, 6) is 0.118. The average Bonchev–Trinajstić information content (AvgIpc) is 2.62. The van der Waals surface area contributed by atoms with E-state index >= 15 is 0 Å². The van der Waals surface area contributed by atoms with Crippen molar-refractivity contribution < 1.29 is 4.79 Å². The third kappa shape index (κ3) is 4.45. The van der Waals surface area contributed by atoms with E-state index in [1.807, 2.05) is 6.07 Å². The monoisotopic (exact) mass is 321 g/mol. The molecule has 0 radical (unpaired) electrons. The summed E-state index contributed by atoms with van der Waals surface area (Å²) in [6, 6.07) is 9.51. The summed E-state index contributed by atoms with van der Waals surface area (Å²) in [6.45, 7) is 1.71. The van der Waals surface area contributed by atoms with Crippen LogP contribution in [0.4, 0.5) is 5.95 Å². The summed E-state index contributed by atoms with van der Waals surface area (Å²) in [7, 11) is 0.